The van der Waals surface area contributed by atoms with Crippen LogP contribution in [-0.2, 0) is 0 Å². The predicted octanol–water partition coefficient (Wildman–Crippen LogP) is 4.18. The van der Waals surface area contributed by atoms with Crippen molar-refractivity contribution in [1.29, 1.82) is 0 Å². The number of nitrogens with zero attached hydrogens (tertiary/aromatic N) is 2. The Bertz CT molecular complexity index is 883. The molecule has 1 aliphatic rings. The first-order valence-electron chi connectivity index (χ1n) is 10.1. The molecule has 0 bridgehead atoms. The average Bonchev–Trinajstić information content (AvgIpc) is 2.75. The number of amides is 2. The molecule has 2 aromatic rings. The van der Waals surface area contributed by atoms with E-state index in [9.17, 15) is 14.5 Å². The van der Waals surface area contributed by atoms with Crippen LogP contribution in [0.15, 0.2) is 42.5 Å². The number of hydrogen-bond donors (Lipinski definition) is 1. The van der Waals surface area contributed by atoms with Crippen LogP contribution in [0.2, 0.25) is 0 Å². The molecule has 0 unspecified atom stereocenters. The highest BCUT2D eigenvalue weighted by molar-refractivity contribution is 5.95. The van der Waals surface area contributed by atoms with Gasteiger partial charge in [-0.1, -0.05) is 32.0 Å². The Balaban J connectivity index is 0.00000145. The number of carbonyl (C=O) groups excluding carboxylic acids is 2. The SMILES string of the molecule is CC.Cc1ccc(C(=O)N2CCC(c3ccc(C(N)=O)cc3)CC2)cc1[N+](C)=O. The Morgan fingerprint density at radius 1 is 1.00 bits per heavy atom. The topological polar surface area (TPSA) is 83.5 Å². The molecule has 0 aromatic heterocycles. The number of rotatable bonds is 4. The van der Waals surface area contributed by atoms with Crippen LogP contribution in [0.5, 0.6) is 0 Å². The molecule has 154 valence electrons. The number of aryl methyl sites for hydroxylation is 1. The van der Waals surface area contributed by atoms with Gasteiger partial charge in [0, 0.05) is 45.5 Å². The zero-order chi connectivity index (χ0) is 21.6. The van der Waals surface area contributed by atoms with Crippen LogP contribution in [0.1, 0.15) is 64.4 Å². The third-order valence-corrected chi connectivity index (χ3v) is 5.24. The normalized spacial score (nSPS) is 14.0. The van der Waals surface area contributed by atoms with Crippen molar-refractivity contribution in [2.24, 2.45) is 5.73 Å². The van der Waals surface area contributed by atoms with Gasteiger partial charge in [0.05, 0.1) is 0 Å². The Kier molecular flexibility index (Phi) is 7.65. The Morgan fingerprint density at radius 2 is 1.55 bits per heavy atom. The first kappa shape index (κ1) is 22.3. The minimum absolute atomic E-state index is 0.0411. The maximum absolute atomic E-state index is 12.8. The first-order valence-corrected chi connectivity index (χ1v) is 10.1. The van der Waals surface area contributed by atoms with Gasteiger partial charge in [-0.2, -0.15) is 0 Å². The van der Waals surface area contributed by atoms with Crippen molar-refractivity contribution in [3.63, 3.8) is 0 Å². The standard InChI is InChI=1S/C21H23N3O3.C2H6/c1-14-3-4-18(13-19(14)23(2)27)21(26)24-11-9-16(10-12-24)15-5-7-17(8-6-15)20(22)25;1-2/h3-8,13,16H,9-12H2,1-2H3,(H-,22,25);1-2H3/p+1. The van der Waals surface area contributed by atoms with Crippen molar-refractivity contribution in [3.05, 3.63) is 69.6 Å². The molecule has 0 atom stereocenters. The summed E-state index contributed by atoms with van der Waals surface area (Å²) in [6, 6.07) is 12.6. The van der Waals surface area contributed by atoms with E-state index in [2.05, 4.69) is 0 Å². The number of nitroso groups, excluding NO2 is 1. The first-order chi connectivity index (χ1) is 13.9. The van der Waals surface area contributed by atoms with Gasteiger partial charge < -0.3 is 10.6 Å². The van der Waals surface area contributed by atoms with Gasteiger partial charge in [-0.25, -0.2) is 0 Å². The van der Waals surface area contributed by atoms with Gasteiger partial charge >= 0.3 is 0 Å². The fourth-order valence-corrected chi connectivity index (χ4v) is 3.60. The lowest BCUT2D eigenvalue weighted by Gasteiger charge is -2.32. The summed E-state index contributed by atoms with van der Waals surface area (Å²) in [5.41, 5.74) is 8.86. The highest BCUT2D eigenvalue weighted by atomic mass is 16.3. The summed E-state index contributed by atoms with van der Waals surface area (Å²) in [5, 5.41) is 0. The fourth-order valence-electron chi connectivity index (χ4n) is 3.60. The minimum atomic E-state index is -0.428. The lowest BCUT2D eigenvalue weighted by molar-refractivity contribution is -0.428. The molecule has 2 aromatic carbocycles. The number of hydrogen-bond acceptors (Lipinski definition) is 3. The predicted molar refractivity (Wildman–Crippen MR) is 115 cm³/mol. The highest BCUT2D eigenvalue weighted by Crippen LogP contribution is 2.29. The minimum Gasteiger partial charge on any atom is -0.366 e. The number of carbonyl (C=O) groups is 2. The van der Waals surface area contributed by atoms with Crippen molar-refractivity contribution in [2.45, 2.75) is 39.5 Å². The molecule has 0 radical (unpaired) electrons. The van der Waals surface area contributed by atoms with Crippen molar-refractivity contribution in [3.8, 4) is 0 Å². The largest absolute Gasteiger partial charge is 0.366 e. The van der Waals surface area contributed by atoms with Crippen molar-refractivity contribution >= 4 is 17.5 Å². The molecular weight excluding hydrogens is 366 g/mol. The lowest BCUT2D eigenvalue weighted by atomic mass is 9.88. The van der Waals surface area contributed by atoms with Gasteiger partial charge in [0.2, 0.25) is 5.91 Å². The zero-order valence-electron chi connectivity index (χ0n) is 17.6. The molecule has 6 heteroatoms. The van der Waals surface area contributed by atoms with Crippen molar-refractivity contribution in [2.75, 3.05) is 20.1 Å². The van der Waals surface area contributed by atoms with E-state index in [1.54, 1.807) is 24.3 Å². The van der Waals surface area contributed by atoms with Gasteiger partial charge in [0.25, 0.3) is 11.6 Å². The van der Waals surface area contributed by atoms with E-state index in [0.29, 0.717) is 35.8 Å². The summed E-state index contributed by atoms with van der Waals surface area (Å²) in [6.45, 7) is 7.18. The van der Waals surface area contributed by atoms with Gasteiger partial charge in [-0.3, -0.25) is 9.59 Å². The summed E-state index contributed by atoms with van der Waals surface area (Å²) in [6.07, 6.45) is 1.73. The summed E-state index contributed by atoms with van der Waals surface area (Å²) in [7, 11) is 1.44. The van der Waals surface area contributed by atoms with E-state index in [4.69, 9.17) is 5.73 Å². The molecular formula is C23H30N3O3+. The Labute approximate surface area is 172 Å². The van der Waals surface area contributed by atoms with Crippen LogP contribution in [0.4, 0.5) is 5.69 Å². The molecule has 1 heterocycles. The van der Waals surface area contributed by atoms with Gasteiger partial charge in [0.1, 0.15) is 0 Å². The smallest absolute Gasteiger partial charge is 0.259 e. The van der Waals surface area contributed by atoms with E-state index in [1.165, 1.54) is 7.05 Å². The fraction of sp³-hybridized carbons (Fsp3) is 0.391. The maximum Gasteiger partial charge on any atom is 0.259 e. The molecule has 2 amide bonds. The second kappa shape index (κ2) is 9.96. The molecule has 6 nitrogen and oxygen atoms in total. The van der Waals surface area contributed by atoms with E-state index >= 15 is 0 Å². The van der Waals surface area contributed by atoms with Crippen LogP contribution in [-0.4, -0.2) is 41.6 Å². The highest BCUT2D eigenvalue weighted by Gasteiger charge is 2.26. The summed E-state index contributed by atoms with van der Waals surface area (Å²) < 4.78 is 0.786. The monoisotopic (exact) mass is 396 g/mol. The quantitative estimate of drug-likeness (QED) is 0.787. The van der Waals surface area contributed by atoms with Crippen molar-refractivity contribution < 1.29 is 14.3 Å². The van der Waals surface area contributed by atoms with E-state index in [-0.39, 0.29) is 5.91 Å². The molecule has 29 heavy (non-hydrogen) atoms. The summed E-state index contributed by atoms with van der Waals surface area (Å²) in [5.74, 6) is -0.110. The molecule has 0 spiro atoms. The zero-order valence-corrected chi connectivity index (χ0v) is 17.6. The Morgan fingerprint density at radius 3 is 2.07 bits per heavy atom. The van der Waals surface area contributed by atoms with Gasteiger partial charge in [0.15, 0.2) is 7.05 Å². The van der Waals surface area contributed by atoms with Crippen LogP contribution in [0, 0.1) is 11.8 Å². The molecule has 0 saturated carbocycles. The van der Waals surface area contributed by atoms with Crippen LogP contribution < -0.4 is 5.73 Å². The molecule has 0 aliphatic carbocycles. The van der Waals surface area contributed by atoms with Crippen LogP contribution in [0.25, 0.3) is 0 Å². The van der Waals surface area contributed by atoms with Gasteiger partial charge in [-0.05, 0) is 49.4 Å². The second-order valence-corrected chi connectivity index (χ2v) is 7.05. The molecule has 1 fully saturated rings. The maximum atomic E-state index is 12.8. The third kappa shape index (κ3) is 5.28. The van der Waals surface area contributed by atoms with Gasteiger partial charge in [-0.15, -0.1) is 0 Å². The van der Waals surface area contributed by atoms with E-state index in [0.717, 1.165) is 28.7 Å². The number of benzene rings is 2. The number of primary amides is 1. The number of piperidine rings is 1. The van der Waals surface area contributed by atoms with E-state index < -0.39 is 5.91 Å². The second-order valence-electron chi connectivity index (χ2n) is 7.05. The molecule has 2 N–H and O–H groups in total. The van der Waals surface area contributed by atoms with E-state index in [1.807, 2.05) is 43.9 Å². The summed E-state index contributed by atoms with van der Waals surface area (Å²) >= 11 is 0. The average molecular weight is 397 g/mol. The molecule has 3 rings (SSSR count). The number of likely N-dealkylation sites (tertiary alicyclic amines) is 1. The van der Waals surface area contributed by atoms with Crippen molar-refractivity contribution in [1.82, 2.24) is 4.90 Å². The van der Waals surface area contributed by atoms with Crippen LogP contribution >= 0.6 is 0 Å². The Hall–Kier alpha value is -3.02. The summed E-state index contributed by atoms with van der Waals surface area (Å²) in [4.78, 5) is 37.5. The third-order valence-electron chi connectivity index (χ3n) is 5.24. The number of nitrogens with two attached hydrogens (primary N) is 1. The molecule has 1 saturated heterocycles. The lowest BCUT2D eigenvalue weighted by Crippen LogP contribution is -2.38. The van der Waals surface area contributed by atoms with Crippen LogP contribution in [0.3, 0.4) is 0 Å². The molecule has 1 aliphatic heterocycles.